The first-order chi connectivity index (χ1) is 13.5. The Hall–Kier alpha value is -2.43. The number of hydrogen-bond donors (Lipinski definition) is 2. The Bertz CT molecular complexity index is 999. The minimum atomic E-state index is -0.842. The number of carboxylic acid groups (broad SMARTS) is 1. The highest BCUT2D eigenvalue weighted by Crippen LogP contribution is 2.35. The molecular weight excluding hydrogens is 386 g/mol. The van der Waals surface area contributed by atoms with Gasteiger partial charge >= 0.3 is 5.97 Å². The molecule has 0 saturated heterocycles. The van der Waals surface area contributed by atoms with Crippen LogP contribution in [0.3, 0.4) is 0 Å². The fourth-order valence-electron chi connectivity index (χ4n) is 3.01. The summed E-state index contributed by atoms with van der Waals surface area (Å²) in [5.74, 6) is -0.842. The summed E-state index contributed by atoms with van der Waals surface area (Å²) in [6.45, 7) is 9.24. The molecule has 2 aromatic carbocycles. The minimum absolute atomic E-state index is 0.0186. The lowest BCUT2D eigenvalue weighted by Crippen LogP contribution is -2.10. The number of aryl methyl sites for hydroxylation is 2. The second-order valence-corrected chi connectivity index (χ2v) is 8.45. The van der Waals surface area contributed by atoms with E-state index in [1.54, 1.807) is 20.8 Å². The van der Waals surface area contributed by atoms with Crippen molar-refractivity contribution in [1.29, 1.82) is 0 Å². The Morgan fingerprint density at radius 3 is 2.21 bits per heavy atom. The predicted octanol–water partition coefficient (Wildman–Crippen LogP) is 5.83. The molecule has 29 heavy (non-hydrogen) atoms. The maximum Gasteiger partial charge on any atom is 0.307 e. The van der Waals surface area contributed by atoms with Gasteiger partial charge in [-0.05, 0) is 80.6 Å². The van der Waals surface area contributed by atoms with Crippen molar-refractivity contribution in [2.75, 3.05) is 0 Å². The van der Waals surface area contributed by atoms with Gasteiger partial charge in [-0.1, -0.05) is 36.7 Å². The van der Waals surface area contributed by atoms with E-state index >= 15 is 0 Å². The number of aliphatic carboxylic acids is 1. The number of carbonyl (C=O) groups is 1. The number of fused-ring (bicyclic) bond motifs is 1. The molecule has 0 amide bonds. The Labute approximate surface area is 177 Å². The first-order valence-electron chi connectivity index (χ1n) is 9.61. The zero-order chi connectivity index (χ0) is 21.8. The van der Waals surface area contributed by atoms with Gasteiger partial charge in [-0.2, -0.15) is 0 Å². The Morgan fingerprint density at radius 1 is 1.10 bits per heavy atom. The van der Waals surface area contributed by atoms with Gasteiger partial charge in [0.2, 0.25) is 0 Å². The lowest BCUT2D eigenvalue weighted by atomic mass is 9.90. The lowest BCUT2D eigenvalue weighted by molar-refractivity contribution is -0.136. The lowest BCUT2D eigenvalue weighted by Gasteiger charge is -2.16. The average Bonchev–Trinajstić information content (AvgIpc) is 2.61. The van der Waals surface area contributed by atoms with E-state index in [9.17, 15) is 9.90 Å². The van der Waals surface area contributed by atoms with Crippen molar-refractivity contribution in [3.63, 3.8) is 0 Å². The molecule has 0 atom stereocenters. The molecule has 3 aromatic rings. The molecule has 0 radical (unpaired) electrons. The molecule has 0 bridgehead atoms. The summed E-state index contributed by atoms with van der Waals surface area (Å²) in [5, 5.41) is 19.5. The van der Waals surface area contributed by atoms with E-state index in [0.717, 1.165) is 45.3 Å². The molecule has 1 heterocycles. The van der Waals surface area contributed by atoms with Crippen LogP contribution in [0.15, 0.2) is 42.5 Å². The van der Waals surface area contributed by atoms with Crippen molar-refractivity contribution >= 4 is 28.5 Å². The van der Waals surface area contributed by atoms with Crippen LogP contribution in [-0.2, 0) is 17.6 Å². The van der Waals surface area contributed by atoms with Gasteiger partial charge in [0.1, 0.15) is 0 Å². The molecule has 0 aliphatic rings. The quantitative estimate of drug-likeness (QED) is 0.564. The van der Waals surface area contributed by atoms with Gasteiger partial charge in [-0.25, -0.2) is 0 Å². The van der Waals surface area contributed by atoms with E-state index in [2.05, 4.69) is 6.92 Å². The third-order valence-electron chi connectivity index (χ3n) is 4.21. The second kappa shape index (κ2) is 9.38. The van der Waals surface area contributed by atoms with Gasteiger partial charge in [0.05, 0.1) is 17.5 Å². The van der Waals surface area contributed by atoms with Crippen LogP contribution in [0.4, 0.5) is 0 Å². The molecule has 1 aromatic heterocycles. The summed E-state index contributed by atoms with van der Waals surface area (Å²) in [5.41, 5.74) is 5.06. The molecule has 0 spiro atoms. The summed E-state index contributed by atoms with van der Waals surface area (Å²) in [6.07, 6.45) is 0.845. The minimum Gasteiger partial charge on any atom is -0.481 e. The number of nitrogens with zero attached hydrogens (tertiary/aromatic N) is 1. The SMILES string of the molecule is CC(C)(C)O.CCc1ccc2c(-c3ccc(Cl)cc3)c(CC(=O)O)c(C)cc2n1. The Balaban J connectivity index is 0.000000537. The molecule has 154 valence electrons. The number of aliphatic hydroxyl groups is 1. The van der Waals surface area contributed by atoms with Crippen LogP contribution in [0.25, 0.3) is 22.0 Å². The molecule has 0 aliphatic heterocycles. The van der Waals surface area contributed by atoms with Crippen molar-refractivity contribution in [3.8, 4) is 11.1 Å². The van der Waals surface area contributed by atoms with Crippen molar-refractivity contribution < 1.29 is 15.0 Å². The van der Waals surface area contributed by atoms with Crippen LogP contribution in [0.5, 0.6) is 0 Å². The van der Waals surface area contributed by atoms with Gasteiger partial charge in [0.15, 0.2) is 0 Å². The van der Waals surface area contributed by atoms with Gasteiger partial charge < -0.3 is 10.2 Å². The molecule has 4 nitrogen and oxygen atoms in total. The van der Waals surface area contributed by atoms with Gasteiger partial charge in [-0.3, -0.25) is 9.78 Å². The van der Waals surface area contributed by atoms with E-state index in [1.165, 1.54) is 0 Å². The standard InChI is InChI=1S/C20H18ClNO2.C4H10O/c1-3-15-8-9-16-18(22-15)10-12(2)17(11-19(23)24)20(16)13-4-6-14(21)7-5-13;1-4(2,3)5/h4-10H,3,11H2,1-2H3,(H,23,24);5H,1-3H3. The summed E-state index contributed by atoms with van der Waals surface area (Å²) in [4.78, 5) is 16.1. The maximum atomic E-state index is 11.4. The molecule has 2 N–H and O–H groups in total. The van der Waals surface area contributed by atoms with Crippen LogP contribution in [-0.4, -0.2) is 26.8 Å². The molecule has 0 saturated carbocycles. The molecular formula is C24H28ClNO3. The van der Waals surface area contributed by atoms with Gasteiger partial charge in [0.25, 0.3) is 0 Å². The summed E-state index contributed by atoms with van der Waals surface area (Å²) in [6, 6.07) is 13.5. The summed E-state index contributed by atoms with van der Waals surface area (Å²) >= 11 is 6.01. The van der Waals surface area contributed by atoms with Crippen molar-refractivity contribution in [2.24, 2.45) is 0 Å². The van der Waals surface area contributed by atoms with E-state index in [4.69, 9.17) is 21.7 Å². The highest BCUT2D eigenvalue weighted by atomic mass is 35.5. The molecule has 5 heteroatoms. The van der Waals surface area contributed by atoms with Crippen LogP contribution in [0.1, 0.15) is 44.5 Å². The summed E-state index contributed by atoms with van der Waals surface area (Å²) in [7, 11) is 0. The Morgan fingerprint density at radius 2 is 1.69 bits per heavy atom. The second-order valence-electron chi connectivity index (χ2n) is 8.02. The fraction of sp³-hybridized carbons (Fsp3) is 0.333. The Kier molecular flexibility index (Phi) is 7.39. The van der Waals surface area contributed by atoms with E-state index < -0.39 is 11.6 Å². The smallest absolute Gasteiger partial charge is 0.307 e. The van der Waals surface area contributed by atoms with Crippen molar-refractivity contribution in [2.45, 2.75) is 53.1 Å². The predicted molar refractivity (Wildman–Crippen MR) is 120 cm³/mol. The molecule has 3 rings (SSSR count). The third-order valence-corrected chi connectivity index (χ3v) is 4.46. The first kappa shape index (κ1) is 22.9. The zero-order valence-corrected chi connectivity index (χ0v) is 18.3. The average molecular weight is 414 g/mol. The van der Waals surface area contributed by atoms with Crippen LogP contribution in [0, 0.1) is 6.92 Å². The van der Waals surface area contributed by atoms with E-state index in [0.29, 0.717) is 5.02 Å². The highest BCUT2D eigenvalue weighted by molar-refractivity contribution is 6.30. The maximum absolute atomic E-state index is 11.4. The fourth-order valence-corrected chi connectivity index (χ4v) is 3.14. The largest absolute Gasteiger partial charge is 0.481 e. The van der Waals surface area contributed by atoms with Crippen LogP contribution >= 0.6 is 11.6 Å². The normalized spacial score (nSPS) is 11.1. The topological polar surface area (TPSA) is 70.4 Å². The monoisotopic (exact) mass is 413 g/mol. The van der Waals surface area contributed by atoms with E-state index in [1.807, 2.05) is 49.4 Å². The number of halogens is 1. The van der Waals surface area contributed by atoms with E-state index in [-0.39, 0.29) is 6.42 Å². The molecule has 0 aliphatic carbocycles. The number of rotatable bonds is 4. The molecule has 0 fully saturated rings. The van der Waals surface area contributed by atoms with Crippen molar-refractivity contribution in [1.82, 2.24) is 4.98 Å². The zero-order valence-electron chi connectivity index (χ0n) is 17.6. The highest BCUT2D eigenvalue weighted by Gasteiger charge is 2.16. The number of benzene rings is 2. The van der Waals surface area contributed by atoms with Crippen molar-refractivity contribution in [3.05, 3.63) is 64.3 Å². The number of pyridine rings is 1. The van der Waals surface area contributed by atoms with Crippen LogP contribution < -0.4 is 0 Å². The van der Waals surface area contributed by atoms with Gasteiger partial charge in [-0.15, -0.1) is 0 Å². The number of carboxylic acids is 1. The molecule has 0 unspecified atom stereocenters. The number of hydrogen-bond acceptors (Lipinski definition) is 3. The van der Waals surface area contributed by atoms with Gasteiger partial charge in [0, 0.05) is 16.1 Å². The van der Waals surface area contributed by atoms with Crippen LogP contribution in [0.2, 0.25) is 5.02 Å². The number of aromatic nitrogens is 1. The third kappa shape index (κ3) is 6.55. The first-order valence-corrected chi connectivity index (χ1v) is 9.99. The summed E-state index contributed by atoms with van der Waals surface area (Å²) < 4.78 is 0.